The number of amides is 2. The maximum absolute atomic E-state index is 13.9. The van der Waals surface area contributed by atoms with Gasteiger partial charge in [0.1, 0.15) is 0 Å². The summed E-state index contributed by atoms with van der Waals surface area (Å²) in [6, 6.07) is 14.2. The molecule has 3 fully saturated rings. The van der Waals surface area contributed by atoms with Crippen molar-refractivity contribution >= 4 is 58.2 Å². The van der Waals surface area contributed by atoms with Crippen LogP contribution in [0.1, 0.15) is 40.1 Å². The average molecular weight is 567 g/mol. The van der Waals surface area contributed by atoms with Gasteiger partial charge in [-0.3, -0.25) is 19.3 Å². The maximum atomic E-state index is 13.9. The topological polar surface area (TPSA) is 96.5 Å². The van der Waals surface area contributed by atoms with Crippen LogP contribution in [0.25, 0.3) is 0 Å². The summed E-state index contributed by atoms with van der Waals surface area (Å²) >= 11 is 9.09. The number of esters is 1. The lowest BCUT2D eigenvalue weighted by molar-refractivity contribution is -0.123. The molecule has 38 heavy (non-hydrogen) atoms. The lowest BCUT2D eigenvalue weighted by Crippen LogP contribution is -2.42. The number of nitrogens with zero attached hydrogens (tertiary/aromatic N) is 1. The van der Waals surface area contributed by atoms with Crippen molar-refractivity contribution in [2.75, 3.05) is 11.5 Å². The number of H-pyrrole nitrogens is 1. The minimum atomic E-state index is -0.437. The Morgan fingerprint density at radius 2 is 1.71 bits per heavy atom. The highest BCUT2D eigenvalue weighted by atomic mass is 35.5. The number of benzene rings is 2. The first-order chi connectivity index (χ1) is 18.4. The first-order valence-corrected chi connectivity index (χ1v) is 14.7. The number of thioether (sulfide) groups is 1. The molecule has 1 aromatic heterocycles. The Labute approximate surface area is 231 Å². The van der Waals surface area contributed by atoms with E-state index in [1.54, 1.807) is 43.0 Å². The van der Waals surface area contributed by atoms with Crippen molar-refractivity contribution in [1.82, 2.24) is 4.98 Å². The molecule has 10 heteroatoms. The van der Waals surface area contributed by atoms with Gasteiger partial charge < -0.3 is 9.72 Å². The van der Waals surface area contributed by atoms with Gasteiger partial charge in [-0.05, 0) is 73.1 Å². The van der Waals surface area contributed by atoms with E-state index in [1.165, 1.54) is 16.2 Å². The van der Waals surface area contributed by atoms with E-state index >= 15 is 0 Å². The summed E-state index contributed by atoms with van der Waals surface area (Å²) in [4.78, 5) is 57.3. The van der Waals surface area contributed by atoms with E-state index in [-0.39, 0.29) is 64.1 Å². The number of anilines is 1. The van der Waals surface area contributed by atoms with E-state index in [1.807, 2.05) is 24.3 Å². The number of aromatic amines is 1. The number of hydrogen-bond donors (Lipinski definition) is 1. The number of thiazole rings is 1. The van der Waals surface area contributed by atoms with Gasteiger partial charge in [0.15, 0.2) is 0 Å². The van der Waals surface area contributed by atoms with Gasteiger partial charge >= 0.3 is 10.8 Å². The normalized spacial score (nSPS) is 30.8. The van der Waals surface area contributed by atoms with Crippen molar-refractivity contribution in [2.45, 2.75) is 29.5 Å². The number of carbonyl (C=O) groups excluding carboxylic acids is 3. The number of carbonyl (C=O) groups is 3. The van der Waals surface area contributed by atoms with Crippen LogP contribution in [0, 0.1) is 29.6 Å². The van der Waals surface area contributed by atoms with Crippen molar-refractivity contribution in [3.63, 3.8) is 0 Å². The molecular weight excluding hydrogens is 544 g/mol. The predicted octanol–water partition coefficient (Wildman–Crippen LogP) is 4.94. The molecule has 194 valence electrons. The highest BCUT2D eigenvalue weighted by molar-refractivity contribution is 8.00. The van der Waals surface area contributed by atoms with Gasteiger partial charge in [0.05, 0.1) is 34.7 Å². The monoisotopic (exact) mass is 566 g/mol. The summed E-state index contributed by atoms with van der Waals surface area (Å²) in [6.07, 6.45) is 0.827. The van der Waals surface area contributed by atoms with E-state index in [0.29, 0.717) is 16.3 Å². The SMILES string of the molecule is CCOC(=O)c1ccc(N2C(=O)[C@@H]3[C@H]4C[C@@H]([C@@H]3C2=O)[C@@H]2[C@@H](c3ccc(Cl)cc3)c3sc(=O)[nH]c3S[C@@H]42)cc1. The third-order valence-electron chi connectivity index (χ3n) is 8.59. The highest BCUT2D eigenvalue weighted by Crippen LogP contribution is 2.68. The molecule has 2 aromatic carbocycles. The van der Waals surface area contributed by atoms with Crippen molar-refractivity contribution in [3.8, 4) is 0 Å². The summed E-state index contributed by atoms with van der Waals surface area (Å²) in [5.74, 6) is -1.34. The number of halogens is 1. The highest BCUT2D eigenvalue weighted by Gasteiger charge is 2.69. The van der Waals surface area contributed by atoms with Crippen molar-refractivity contribution in [1.29, 1.82) is 0 Å². The molecular formula is C28H23ClN2O5S2. The van der Waals surface area contributed by atoms with Crippen molar-refractivity contribution in [2.24, 2.45) is 29.6 Å². The third kappa shape index (κ3) is 3.41. The Kier molecular flexibility index (Phi) is 5.62. The zero-order valence-corrected chi connectivity index (χ0v) is 22.6. The molecule has 1 N–H and O–H groups in total. The fraction of sp³-hybridized carbons (Fsp3) is 0.357. The number of imide groups is 1. The van der Waals surface area contributed by atoms with Crippen LogP contribution in [-0.2, 0) is 14.3 Å². The van der Waals surface area contributed by atoms with Crippen LogP contribution in [0.15, 0.2) is 58.4 Å². The minimum absolute atomic E-state index is 0.0331. The second-order valence-corrected chi connectivity index (χ2v) is 12.9. The van der Waals surface area contributed by atoms with Gasteiger partial charge in [0, 0.05) is 21.1 Å². The van der Waals surface area contributed by atoms with Gasteiger partial charge in [0.25, 0.3) is 0 Å². The fourth-order valence-corrected chi connectivity index (χ4v) is 10.3. The average Bonchev–Trinajstić information content (AvgIpc) is 3.64. The second-order valence-electron chi connectivity index (χ2n) is 10.3. The number of nitrogens with one attached hydrogen (secondary N) is 1. The zero-order valence-electron chi connectivity index (χ0n) is 20.3. The Morgan fingerprint density at radius 1 is 1.03 bits per heavy atom. The molecule has 0 spiro atoms. The van der Waals surface area contributed by atoms with Crippen LogP contribution >= 0.6 is 34.7 Å². The van der Waals surface area contributed by atoms with E-state index in [2.05, 4.69) is 4.98 Å². The van der Waals surface area contributed by atoms with E-state index in [4.69, 9.17) is 16.3 Å². The summed E-state index contributed by atoms with van der Waals surface area (Å²) < 4.78 is 5.05. The zero-order chi connectivity index (χ0) is 26.3. The molecule has 2 aliphatic carbocycles. The molecule has 7 rings (SSSR count). The van der Waals surface area contributed by atoms with Crippen LogP contribution < -0.4 is 9.77 Å². The molecule has 2 aliphatic heterocycles. The Hall–Kier alpha value is -2.88. The predicted molar refractivity (Wildman–Crippen MR) is 145 cm³/mol. The summed E-state index contributed by atoms with van der Waals surface area (Å²) in [5.41, 5.74) is 1.94. The fourth-order valence-electron chi connectivity index (χ4n) is 7.28. The van der Waals surface area contributed by atoms with Gasteiger partial charge in [-0.2, -0.15) is 0 Å². The smallest absolute Gasteiger partial charge is 0.338 e. The summed E-state index contributed by atoms with van der Waals surface area (Å²) in [7, 11) is 0. The van der Waals surface area contributed by atoms with E-state index in [9.17, 15) is 19.2 Å². The maximum Gasteiger partial charge on any atom is 0.338 e. The van der Waals surface area contributed by atoms with Crippen molar-refractivity contribution < 1.29 is 19.1 Å². The van der Waals surface area contributed by atoms with Gasteiger partial charge in [-0.15, -0.1) is 11.8 Å². The third-order valence-corrected chi connectivity index (χ3v) is 11.4. The van der Waals surface area contributed by atoms with Crippen LogP contribution in [-0.4, -0.2) is 34.6 Å². The molecule has 3 aromatic rings. The standard InChI is InChI=1S/C28H23ClN2O5S2/c1-2-36-27(34)13-5-9-15(10-6-13)31-25(32)20-16-11-17(21(20)26(31)33)22-19(16)18(12-3-7-14(29)8-4-12)23-24(37-22)30-28(35)38-23/h3-10,16-22H,2,11H2,1H3,(H,30,35)/t16-,17-,18-,19-,20+,21-,22+/m1/s1. The quantitative estimate of drug-likeness (QED) is 0.355. The van der Waals surface area contributed by atoms with Crippen LogP contribution in [0.2, 0.25) is 5.02 Å². The first kappa shape index (κ1) is 24.2. The first-order valence-electron chi connectivity index (χ1n) is 12.7. The number of fused-ring (bicyclic) bond motifs is 9. The Morgan fingerprint density at radius 3 is 2.39 bits per heavy atom. The lowest BCUT2D eigenvalue weighted by Gasteiger charge is -2.43. The molecule has 4 aliphatic rings. The molecule has 7 atom stereocenters. The minimum Gasteiger partial charge on any atom is -0.462 e. The van der Waals surface area contributed by atoms with Gasteiger partial charge in [-0.25, -0.2) is 4.79 Å². The molecule has 0 unspecified atom stereocenters. The number of ether oxygens (including phenoxy) is 1. The molecule has 2 bridgehead atoms. The van der Waals surface area contributed by atoms with Crippen LogP contribution in [0.4, 0.5) is 5.69 Å². The lowest BCUT2D eigenvalue weighted by atomic mass is 9.68. The number of aromatic nitrogens is 1. The number of hydrogen-bond acceptors (Lipinski definition) is 7. The largest absolute Gasteiger partial charge is 0.462 e. The molecule has 2 saturated carbocycles. The second kappa shape index (κ2) is 8.83. The Balaban J connectivity index is 1.25. The molecule has 7 nitrogen and oxygen atoms in total. The van der Waals surface area contributed by atoms with Crippen LogP contribution in [0.5, 0.6) is 0 Å². The molecule has 0 radical (unpaired) electrons. The molecule has 2 amide bonds. The number of rotatable bonds is 4. The van der Waals surface area contributed by atoms with Gasteiger partial charge in [-0.1, -0.05) is 35.1 Å². The van der Waals surface area contributed by atoms with Crippen molar-refractivity contribution in [3.05, 3.63) is 79.2 Å². The van der Waals surface area contributed by atoms with Gasteiger partial charge in [0.2, 0.25) is 11.8 Å². The summed E-state index contributed by atoms with van der Waals surface area (Å²) in [6.45, 7) is 2.01. The molecule has 3 heterocycles. The molecule has 1 saturated heterocycles. The Bertz CT molecular complexity index is 1530. The summed E-state index contributed by atoms with van der Waals surface area (Å²) in [5, 5.41) is 1.66. The van der Waals surface area contributed by atoms with E-state index in [0.717, 1.165) is 21.9 Å². The van der Waals surface area contributed by atoms with E-state index < -0.39 is 5.97 Å². The van der Waals surface area contributed by atoms with Crippen LogP contribution in [0.3, 0.4) is 0 Å².